The summed E-state index contributed by atoms with van der Waals surface area (Å²) in [6, 6.07) is 0. The van der Waals surface area contributed by atoms with Crippen molar-refractivity contribution >= 4 is 5.97 Å². The summed E-state index contributed by atoms with van der Waals surface area (Å²) < 4.78 is 0. The Balaban J connectivity index is 0. The maximum absolute atomic E-state index is 9.00. The Hall–Kier alpha value is -0.570. The molecule has 0 saturated heterocycles. The first-order chi connectivity index (χ1) is 4.29. The molecular weight excluding hydrogens is 132 g/mol. The Morgan fingerprint density at radius 1 is 1.40 bits per heavy atom. The molecule has 0 aromatic carbocycles. The van der Waals surface area contributed by atoms with Crippen LogP contribution in [0.3, 0.4) is 0 Å². The van der Waals surface area contributed by atoms with Crippen molar-refractivity contribution in [1.82, 2.24) is 0 Å². The fourth-order valence-electron chi connectivity index (χ4n) is 0. The molecular formula is C7H16O3. The molecule has 0 aromatic heterocycles. The highest BCUT2D eigenvalue weighted by Gasteiger charge is 2.05. The Bertz CT molecular complexity index is 87.5. The van der Waals surface area contributed by atoms with E-state index in [0.29, 0.717) is 0 Å². The van der Waals surface area contributed by atoms with Crippen molar-refractivity contribution in [2.75, 3.05) is 6.61 Å². The number of carboxylic acid groups (broad SMARTS) is 1. The van der Waals surface area contributed by atoms with Gasteiger partial charge < -0.3 is 10.2 Å². The summed E-state index contributed by atoms with van der Waals surface area (Å²) in [5.41, 5.74) is 0.0972. The fraction of sp³-hybridized carbons (Fsp3) is 0.857. The maximum Gasteiger partial charge on any atom is 0.300 e. The smallest absolute Gasteiger partial charge is 0.300 e. The van der Waals surface area contributed by atoms with Gasteiger partial charge in [0.2, 0.25) is 0 Å². The summed E-state index contributed by atoms with van der Waals surface area (Å²) in [5.74, 6) is -0.833. The van der Waals surface area contributed by atoms with E-state index in [9.17, 15) is 0 Å². The molecule has 0 aliphatic carbocycles. The monoisotopic (exact) mass is 148 g/mol. The number of aliphatic carboxylic acids is 1. The Kier molecular flexibility index (Phi) is 6.35. The van der Waals surface area contributed by atoms with Crippen LogP contribution in [-0.4, -0.2) is 22.8 Å². The Labute approximate surface area is 61.7 Å². The van der Waals surface area contributed by atoms with Crippen LogP contribution in [0.5, 0.6) is 0 Å². The second-order valence-corrected chi connectivity index (χ2v) is 3.24. The van der Waals surface area contributed by atoms with Gasteiger partial charge in [0.05, 0.1) is 0 Å². The van der Waals surface area contributed by atoms with E-state index in [1.54, 1.807) is 0 Å². The van der Waals surface area contributed by atoms with Crippen LogP contribution < -0.4 is 0 Å². The molecule has 0 aliphatic rings. The van der Waals surface area contributed by atoms with Crippen LogP contribution in [0, 0.1) is 5.41 Å². The van der Waals surface area contributed by atoms with E-state index in [0.717, 1.165) is 6.92 Å². The van der Waals surface area contributed by atoms with E-state index < -0.39 is 5.97 Å². The quantitative estimate of drug-likeness (QED) is 0.541. The zero-order chi connectivity index (χ0) is 8.78. The lowest BCUT2D eigenvalue weighted by molar-refractivity contribution is -0.134. The van der Waals surface area contributed by atoms with Gasteiger partial charge in [0.25, 0.3) is 5.97 Å². The molecule has 10 heavy (non-hydrogen) atoms. The first-order valence-corrected chi connectivity index (χ1v) is 3.10. The molecule has 2 N–H and O–H groups in total. The molecule has 0 saturated carbocycles. The van der Waals surface area contributed by atoms with E-state index in [1.807, 2.05) is 20.8 Å². The lowest BCUT2D eigenvalue weighted by Gasteiger charge is -2.11. The van der Waals surface area contributed by atoms with Crippen molar-refractivity contribution in [3.63, 3.8) is 0 Å². The minimum absolute atomic E-state index is 0.0972. The van der Waals surface area contributed by atoms with Gasteiger partial charge in [-0.3, -0.25) is 4.79 Å². The molecule has 0 spiro atoms. The minimum atomic E-state index is -0.833. The van der Waals surface area contributed by atoms with Gasteiger partial charge in [-0.15, -0.1) is 0 Å². The van der Waals surface area contributed by atoms with Gasteiger partial charge in [0.15, 0.2) is 0 Å². The molecule has 3 heteroatoms. The van der Waals surface area contributed by atoms with Gasteiger partial charge >= 0.3 is 0 Å². The van der Waals surface area contributed by atoms with E-state index in [-0.39, 0.29) is 12.0 Å². The van der Waals surface area contributed by atoms with Gasteiger partial charge in [-0.1, -0.05) is 20.8 Å². The largest absolute Gasteiger partial charge is 0.481 e. The molecule has 0 heterocycles. The molecule has 0 unspecified atom stereocenters. The third-order valence-electron chi connectivity index (χ3n) is 0.474. The van der Waals surface area contributed by atoms with Crippen LogP contribution in [-0.2, 0) is 4.79 Å². The second kappa shape index (κ2) is 5.23. The molecule has 0 rings (SSSR count). The molecule has 0 fully saturated rings. The predicted octanol–water partition coefficient (Wildman–Crippen LogP) is 1.12. The highest BCUT2D eigenvalue weighted by atomic mass is 16.4. The van der Waals surface area contributed by atoms with Crippen molar-refractivity contribution in [3.05, 3.63) is 0 Å². The summed E-state index contributed by atoms with van der Waals surface area (Å²) in [5, 5.41) is 15.8. The van der Waals surface area contributed by atoms with E-state index in [4.69, 9.17) is 15.0 Å². The van der Waals surface area contributed by atoms with Gasteiger partial charge in [0.1, 0.15) is 0 Å². The van der Waals surface area contributed by atoms with Crippen LogP contribution in [0.2, 0.25) is 0 Å². The normalized spacial score (nSPS) is 9.70. The highest BCUT2D eigenvalue weighted by molar-refractivity contribution is 5.62. The van der Waals surface area contributed by atoms with Crippen LogP contribution in [0.25, 0.3) is 0 Å². The molecule has 0 aromatic rings. The van der Waals surface area contributed by atoms with E-state index >= 15 is 0 Å². The molecule has 62 valence electrons. The first kappa shape index (κ1) is 12.1. The summed E-state index contributed by atoms with van der Waals surface area (Å²) in [6.45, 7) is 7.33. The Morgan fingerprint density at radius 2 is 1.50 bits per heavy atom. The number of hydrogen-bond acceptors (Lipinski definition) is 2. The van der Waals surface area contributed by atoms with E-state index in [1.165, 1.54) is 0 Å². The van der Waals surface area contributed by atoms with E-state index in [2.05, 4.69) is 0 Å². The molecule has 0 bridgehead atoms. The number of rotatable bonds is 0. The van der Waals surface area contributed by atoms with Crippen LogP contribution in [0.1, 0.15) is 27.7 Å². The van der Waals surface area contributed by atoms with Crippen molar-refractivity contribution in [3.8, 4) is 0 Å². The molecule has 0 radical (unpaired) electrons. The number of aliphatic hydroxyl groups is 1. The predicted molar refractivity (Wildman–Crippen MR) is 39.9 cm³/mol. The van der Waals surface area contributed by atoms with Crippen LogP contribution in [0.4, 0.5) is 0 Å². The number of carbonyl (C=O) groups is 1. The van der Waals surface area contributed by atoms with Gasteiger partial charge in [0, 0.05) is 13.5 Å². The van der Waals surface area contributed by atoms with Crippen molar-refractivity contribution in [1.29, 1.82) is 0 Å². The third-order valence-corrected chi connectivity index (χ3v) is 0.474. The topological polar surface area (TPSA) is 57.5 Å². The van der Waals surface area contributed by atoms with Crippen LogP contribution >= 0.6 is 0 Å². The molecule has 0 amide bonds. The maximum atomic E-state index is 9.00. The second-order valence-electron chi connectivity index (χ2n) is 3.24. The van der Waals surface area contributed by atoms with Crippen molar-refractivity contribution in [2.45, 2.75) is 27.7 Å². The van der Waals surface area contributed by atoms with Crippen molar-refractivity contribution < 1.29 is 15.0 Å². The number of carboxylic acids is 1. The van der Waals surface area contributed by atoms with Gasteiger partial charge in [-0.05, 0) is 5.41 Å². The average molecular weight is 148 g/mol. The summed E-state index contributed by atoms with van der Waals surface area (Å²) >= 11 is 0. The number of hydrogen-bond donors (Lipinski definition) is 2. The van der Waals surface area contributed by atoms with Gasteiger partial charge in [-0.2, -0.15) is 0 Å². The average Bonchev–Trinajstić information content (AvgIpc) is 1.63. The summed E-state index contributed by atoms with van der Waals surface area (Å²) in [6.07, 6.45) is 0. The Morgan fingerprint density at radius 3 is 1.50 bits per heavy atom. The summed E-state index contributed by atoms with van der Waals surface area (Å²) in [4.78, 5) is 9.00. The van der Waals surface area contributed by atoms with Crippen molar-refractivity contribution in [2.24, 2.45) is 5.41 Å². The number of aliphatic hydroxyl groups excluding tert-OH is 1. The summed E-state index contributed by atoms with van der Waals surface area (Å²) in [7, 11) is 0. The SMILES string of the molecule is CC(=O)O.CC(C)(C)CO. The zero-order valence-corrected chi connectivity index (χ0v) is 7.01. The first-order valence-electron chi connectivity index (χ1n) is 3.10. The lowest BCUT2D eigenvalue weighted by Crippen LogP contribution is -2.09. The lowest BCUT2D eigenvalue weighted by atomic mass is 9.99. The minimum Gasteiger partial charge on any atom is -0.481 e. The third kappa shape index (κ3) is 52.0. The molecule has 0 atom stereocenters. The van der Waals surface area contributed by atoms with Gasteiger partial charge in [-0.25, -0.2) is 0 Å². The highest BCUT2D eigenvalue weighted by Crippen LogP contribution is 2.09. The molecule has 3 nitrogen and oxygen atoms in total. The standard InChI is InChI=1S/C5H12O.C2H4O2/c1-5(2,3)4-6;1-2(3)4/h6H,4H2,1-3H3;1H3,(H,3,4). The molecule has 0 aliphatic heterocycles. The fourth-order valence-corrected chi connectivity index (χ4v) is 0. The van der Waals surface area contributed by atoms with Crippen LogP contribution in [0.15, 0.2) is 0 Å². The zero-order valence-electron chi connectivity index (χ0n) is 7.01.